The van der Waals surface area contributed by atoms with Crippen LogP contribution in [0.25, 0.3) is 0 Å². The number of likely N-dealkylation sites (tertiary alicyclic amines) is 2. The summed E-state index contributed by atoms with van der Waals surface area (Å²) in [6.45, 7) is 8.83. The van der Waals surface area contributed by atoms with Crippen LogP contribution in [0.4, 0.5) is 0 Å². The fourth-order valence-electron chi connectivity index (χ4n) is 5.57. The number of ether oxygens (including phenoxy) is 8. The SMILES string of the molecule is OC[C@H]1[C@H](O)[C@@H](O)[C@@H](O)CN1CCOCCOCCOCCOCCNCCOCCOCCOCCOCCN1C[C@H](O)[C@H](O)[C@@H](O)[C@@H]1CO. The summed E-state index contributed by atoms with van der Waals surface area (Å²) in [6, 6.07) is -1.28. The van der Waals surface area contributed by atoms with Crippen LogP contribution in [0.5, 0.6) is 0 Å². The molecule has 2 rings (SSSR count). The zero-order valence-corrected chi connectivity index (χ0v) is 29.8. The Hall–Kier alpha value is -0.760. The first-order valence-electron chi connectivity index (χ1n) is 17.9. The van der Waals surface area contributed by atoms with Gasteiger partial charge in [0.25, 0.3) is 0 Å². The van der Waals surface area contributed by atoms with E-state index >= 15 is 0 Å². The van der Waals surface area contributed by atoms with E-state index in [4.69, 9.17) is 37.9 Å². The molecule has 51 heavy (non-hydrogen) atoms. The fraction of sp³-hybridized carbons (Fsp3) is 1.00. The minimum Gasteiger partial charge on any atom is -0.395 e. The van der Waals surface area contributed by atoms with Gasteiger partial charge in [0.15, 0.2) is 0 Å². The number of piperidine rings is 2. The van der Waals surface area contributed by atoms with Gasteiger partial charge >= 0.3 is 0 Å². The zero-order chi connectivity index (χ0) is 37.1. The Balaban J connectivity index is 1.22. The smallest absolute Gasteiger partial charge is 0.109 e. The van der Waals surface area contributed by atoms with Crippen LogP contribution >= 0.6 is 0 Å². The van der Waals surface area contributed by atoms with E-state index in [0.717, 1.165) is 0 Å². The third-order valence-electron chi connectivity index (χ3n) is 8.56. The van der Waals surface area contributed by atoms with Gasteiger partial charge in [0.2, 0.25) is 0 Å². The molecule has 8 atom stereocenters. The Morgan fingerprint density at radius 3 is 0.961 bits per heavy atom. The highest BCUT2D eigenvalue weighted by molar-refractivity contribution is 4.95. The molecule has 9 N–H and O–H groups in total. The molecule has 0 aromatic rings. The number of nitrogens with zero attached hydrogens (tertiary/aromatic N) is 2. The monoisotopic (exact) mass is 747 g/mol. The van der Waals surface area contributed by atoms with Crippen molar-refractivity contribution in [1.29, 1.82) is 0 Å². The summed E-state index contributed by atoms with van der Waals surface area (Å²) in [7, 11) is 0. The van der Waals surface area contributed by atoms with Gasteiger partial charge in [-0.3, -0.25) is 9.80 Å². The maximum atomic E-state index is 10.00. The van der Waals surface area contributed by atoms with E-state index in [9.17, 15) is 40.9 Å². The lowest BCUT2D eigenvalue weighted by Crippen LogP contribution is -2.62. The average Bonchev–Trinajstić information content (AvgIpc) is 3.12. The van der Waals surface area contributed by atoms with Crippen LogP contribution in [0, 0.1) is 0 Å². The summed E-state index contributed by atoms with van der Waals surface area (Å²) in [4.78, 5) is 3.41. The van der Waals surface area contributed by atoms with E-state index in [2.05, 4.69) is 5.32 Å². The van der Waals surface area contributed by atoms with Crippen LogP contribution < -0.4 is 5.32 Å². The summed E-state index contributed by atoms with van der Waals surface area (Å²) in [5.74, 6) is 0. The highest BCUT2D eigenvalue weighted by Crippen LogP contribution is 2.19. The van der Waals surface area contributed by atoms with Crippen molar-refractivity contribution in [2.24, 2.45) is 0 Å². The van der Waals surface area contributed by atoms with Gasteiger partial charge in [-0.25, -0.2) is 0 Å². The predicted molar refractivity (Wildman–Crippen MR) is 180 cm³/mol. The number of aliphatic hydroxyl groups excluding tert-OH is 8. The highest BCUT2D eigenvalue weighted by atomic mass is 16.6. The maximum Gasteiger partial charge on any atom is 0.109 e. The largest absolute Gasteiger partial charge is 0.395 e. The highest BCUT2D eigenvalue weighted by Gasteiger charge is 2.41. The molecule has 304 valence electrons. The van der Waals surface area contributed by atoms with E-state index < -0.39 is 48.7 Å². The second kappa shape index (κ2) is 29.6. The molecular formula is C32H65N3O16. The second-order valence-corrected chi connectivity index (χ2v) is 12.2. The third kappa shape index (κ3) is 19.4. The summed E-state index contributed by atoms with van der Waals surface area (Å²) < 4.78 is 44.0. The first-order chi connectivity index (χ1) is 24.8. The molecule has 2 heterocycles. The summed E-state index contributed by atoms with van der Waals surface area (Å²) in [5, 5.41) is 81.3. The van der Waals surface area contributed by atoms with Gasteiger partial charge in [-0.2, -0.15) is 0 Å². The third-order valence-corrected chi connectivity index (χ3v) is 8.56. The molecule has 2 aliphatic rings. The molecule has 0 bridgehead atoms. The molecule has 0 radical (unpaired) electrons. The lowest BCUT2D eigenvalue weighted by atomic mass is 9.94. The van der Waals surface area contributed by atoms with Gasteiger partial charge < -0.3 is 84.1 Å². The first kappa shape index (κ1) is 46.4. The lowest BCUT2D eigenvalue weighted by Gasteiger charge is -2.43. The van der Waals surface area contributed by atoms with Gasteiger partial charge in [0.05, 0.1) is 143 Å². The molecule has 2 fully saturated rings. The van der Waals surface area contributed by atoms with Crippen molar-refractivity contribution in [2.75, 3.05) is 158 Å². The predicted octanol–water partition coefficient (Wildman–Crippen LogP) is -5.77. The lowest BCUT2D eigenvalue weighted by molar-refractivity contribution is -0.147. The topological polar surface area (TPSA) is 254 Å². The maximum absolute atomic E-state index is 10.00. The molecule has 0 aromatic carbocycles. The van der Waals surface area contributed by atoms with E-state index in [1.165, 1.54) is 0 Å². The Kier molecular flexibility index (Phi) is 26.9. The molecular weight excluding hydrogens is 682 g/mol. The first-order valence-corrected chi connectivity index (χ1v) is 17.9. The Morgan fingerprint density at radius 2 is 0.667 bits per heavy atom. The summed E-state index contributed by atoms with van der Waals surface area (Å²) in [6.07, 6.45) is -7.11. The van der Waals surface area contributed by atoms with E-state index in [1.54, 1.807) is 9.80 Å². The second-order valence-electron chi connectivity index (χ2n) is 12.2. The minimum absolute atomic E-state index is 0.153. The molecule has 19 heteroatoms. The van der Waals surface area contributed by atoms with Gasteiger partial charge in [-0.1, -0.05) is 0 Å². The van der Waals surface area contributed by atoms with Gasteiger partial charge in [0.1, 0.15) is 24.4 Å². The van der Waals surface area contributed by atoms with Crippen LogP contribution in [0.1, 0.15) is 0 Å². The van der Waals surface area contributed by atoms with Crippen molar-refractivity contribution in [1.82, 2.24) is 15.1 Å². The summed E-state index contributed by atoms with van der Waals surface area (Å²) >= 11 is 0. The van der Waals surface area contributed by atoms with Crippen molar-refractivity contribution in [3.8, 4) is 0 Å². The zero-order valence-electron chi connectivity index (χ0n) is 29.8. The van der Waals surface area contributed by atoms with Crippen LogP contribution in [-0.4, -0.2) is 258 Å². The number of aliphatic hydroxyl groups is 8. The van der Waals surface area contributed by atoms with Crippen molar-refractivity contribution in [3.63, 3.8) is 0 Å². The Bertz CT molecular complexity index is 752. The summed E-state index contributed by atoms with van der Waals surface area (Å²) in [5.41, 5.74) is 0. The van der Waals surface area contributed by atoms with Gasteiger partial charge in [-0.05, 0) is 0 Å². The normalized spacial score (nSPS) is 27.8. The number of β-amino-alcohol motifs (C(OH)–C–C–N with tert-alkyl or cyclic N) is 2. The molecule has 0 unspecified atom stereocenters. The molecule has 19 nitrogen and oxygen atoms in total. The Morgan fingerprint density at radius 1 is 0.392 bits per heavy atom. The van der Waals surface area contributed by atoms with Crippen LogP contribution in [-0.2, 0) is 37.9 Å². The molecule has 0 aliphatic carbocycles. The van der Waals surface area contributed by atoms with Crippen molar-refractivity contribution in [2.45, 2.75) is 48.7 Å². The standard InChI is InChI=1S/C32H65N3O16/c36-23-25-29(40)31(42)27(38)21-34(25)3-7-46-11-15-50-19-17-48-13-9-44-5-1-33-2-6-45-10-14-49-18-20-51-16-12-47-8-4-35-22-28(39)32(43)30(41)26(35)24-37/h25-33,36-43H,1-24H2/t25-,26-,27-,28-,29-,30-,31-,32-/m0/s1. The number of hydrogen-bond donors (Lipinski definition) is 9. The average molecular weight is 748 g/mol. The number of rotatable bonds is 32. The molecule has 0 spiro atoms. The van der Waals surface area contributed by atoms with Gasteiger partial charge in [0, 0.05) is 39.3 Å². The van der Waals surface area contributed by atoms with E-state index in [1.807, 2.05) is 0 Å². The van der Waals surface area contributed by atoms with Crippen molar-refractivity contribution < 1.29 is 78.7 Å². The quantitative estimate of drug-likeness (QED) is 0.0291. The fourth-order valence-corrected chi connectivity index (χ4v) is 5.57. The van der Waals surface area contributed by atoms with Gasteiger partial charge in [-0.15, -0.1) is 0 Å². The van der Waals surface area contributed by atoms with Crippen LogP contribution in [0.2, 0.25) is 0 Å². The van der Waals surface area contributed by atoms with Crippen LogP contribution in [0.3, 0.4) is 0 Å². The van der Waals surface area contributed by atoms with Crippen LogP contribution in [0.15, 0.2) is 0 Å². The molecule has 0 amide bonds. The Labute approximate surface area is 300 Å². The number of hydrogen-bond acceptors (Lipinski definition) is 19. The van der Waals surface area contributed by atoms with E-state index in [0.29, 0.717) is 132 Å². The molecule has 2 aliphatic heterocycles. The van der Waals surface area contributed by atoms with Crippen molar-refractivity contribution >= 4 is 0 Å². The number of nitrogens with one attached hydrogen (secondary N) is 1. The minimum atomic E-state index is -1.27. The van der Waals surface area contributed by atoms with Crippen molar-refractivity contribution in [3.05, 3.63) is 0 Å². The molecule has 2 saturated heterocycles. The van der Waals surface area contributed by atoms with E-state index in [-0.39, 0.29) is 26.3 Å². The molecule has 0 saturated carbocycles. The molecule has 0 aromatic heterocycles.